The van der Waals surface area contributed by atoms with Gasteiger partial charge in [-0.2, -0.15) is 31.3 Å². The van der Waals surface area contributed by atoms with Gasteiger partial charge in [0, 0.05) is 10.6 Å². The first kappa shape index (κ1) is 29.8. The summed E-state index contributed by atoms with van der Waals surface area (Å²) in [6, 6.07) is 21.3. The molecule has 1 unspecified atom stereocenters. The second-order valence-corrected chi connectivity index (χ2v) is 8.38. The zero-order chi connectivity index (χ0) is 28.5. The number of benzene rings is 3. The molecule has 0 fully saturated rings. The van der Waals surface area contributed by atoms with Crippen LogP contribution in [-0.2, 0) is 23.9 Å². The number of hydrogen-bond donors (Lipinski definition) is 0. The van der Waals surface area contributed by atoms with Crippen molar-refractivity contribution >= 4 is 23.7 Å². The van der Waals surface area contributed by atoms with Crippen LogP contribution in [-0.4, -0.2) is 30.0 Å². The summed E-state index contributed by atoms with van der Waals surface area (Å²) in [7, 11) is 0. The number of hydrogen-bond acceptors (Lipinski definition) is 8. The molecule has 0 aliphatic heterocycles. The van der Waals surface area contributed by atoms with Crippen LogP contribution in [0.3, 0.4) is 0 Å². The molecule has 14 heteroatoms. The smallest absolute Gasteiger partial charge is 0.471 e. The average Bonchev–Trinajstić information content (AvgIpc) is 2.89. The highest BCUT2D eigenvalue weighted by Crippen LogP contribution is 2.31. The van der Waals surface area contributed by atoms with Crippen molar-refractivity contribution in [2.45, 2.75) is 24.7 Å². The highest BCUT2D eigenvalue weighted by molar-refractivity contribution is 7.95. The van der Waals surface area contributed by atoms with Gasteiger partial charge in [0.1, 0.15) is 23.9 Å². The van der Waals surface area contributed by atoms with E-state index in [9.17, 15) is 31.1 Å². The van der Waals surface area contributed by atoms with Crippen molar-refractivity contribution in [3.05, 3.63) is 90.0 Å². The molecule has 7 nitrogen and oxygen atoms in total. The van der Waals surface area contributed by atoms with Gasteiger partial charge in [0.25, 0.3) is 0 Å². The number of halogens is 6. The molecular formula is C25H19F6NO6S. The highest BCUT2D eigenvalue weighted by atomic mass is 32.2. The van der Waals surface area contributed by atoms with Crippen LogP contribution < -0.4 is 4.74 Å². The second-order valence-electron chi connectivity index (χ2n) is 7.61. The summed E-state index contributed by atoms with van der Waals surface area (Å²) in [6.45, 7) is 1.16. The molecule has 0 aliphatic rings. The minimum absolute atomic E-state index is 0.0409. The summed E-state index contributed by atoms with van der Waals surface area (Å²) in [6.07, 6.45) is -5.64. The topological polar surface area (TPSA) is 75.6 Å². The lowest BCUT2D eigenvalue weighted by Gasteiger charge is -2.15. The molecule has 0 saturated carbocycles. The Hall–Kier alpha value is -3.75. The van der Waals surface area contributed by atoms with Gasteiger partial charge in [-0.25, -0.2) is 4.79 Å². The number of carbonyl (C=O) groups is 1. The molecule has 3 rings (SSSR count). The Morgan fingerprint density at radius 2 is 1.49 bits per heavy atom. The Kier molecular flexibility index (Phi) is 10.2. The number of nitrogens with zero attached hydrogens (tertiary/aromatic N) is 1. The summed E-state index contributed by atoms with van der Waals surface area (Å²) in [5, 5.41) is 6.14. The van der Waals surface area contributed by atoms with E-state index in [0.29, 0.717) is 0 Å². The lowest BCUT2D eigenvalue weighted by molar-refractivity contribution is -0.464. The van der Waals surface area contributed by atoms with Gasteiger partial charge >= 0.3 is 17.7 Å². The molecule has 0 bridgehead atoms. The molecule has 3 aromatic rings. The number of ether oxygens (including phenoxy) is 2. The molecule has 0 spiro atoms. The van der Waals surface area contributed by atoms with Crippen LogP contribution in [0.4, 0.5) is 26.3 Å². The molecule has 39 heavy (non-hydrogen) atoms. The Labute approximate surface area is 222 Å². The van der Waals surface area contributed by atoms with Crippen LogP contribution in [0.1, 0.15) is 24.2 Å². The maximum absolute atomic E-state index is 13.2. The number of rotatable bonds is 11. The monoisotopic (exact) mass is 575 g/mol. The molecule has 1 atom stereocenters. The maximum Gasteiger partial charge on any atom is 0.471 e. The van der Waals surface area contributed by atoms with Gasteiger partial charge in [0.15, 0.2) is 12.3 Å². The first-order valence-electron chi connectivity index (χ1n) is 10.9. The lowest BCUT2D eigenvalue weighted by atomic mass is 10.0. The SMILES string of the molecule is CC(OC(=O)COc1ccc(C(=NOOOSC(F)(F)F)C(F)(F)F)cc1)c1ccc(-c2ccccc2)cc1. The molecular weight excluding hydrogens is 556 g/mol. The molecule has 0 saturated heterocycles. The summed E-state index contributed by atoms with van der Waals surface area (Å²) >= 11 is -1.15. The number of oxime groups is 1. The Bertz CT molecular complexity index is 1240. The Morgan fingerprint density at radius 3 is 2.08 bits per heavy atom. The fraction of sp³-hybridized carbons (Fsp3) is 0.200. The maximum atomic E-state index is 13.2. The van der Waals surface area contributed by atoms with Gasteiger partial charge in [-0.05, 0) is 53.0 Å². The van der Waals surface area contributed by atoms with Crippen LogP contribution in [0.2, 0.25) is 0 Å². The summed E-state index contributed by atoms with van der Waals surface area (Å²) in [5.41, 5.74) is -4.24. The minimum atomic E-state index is -5.05. The third-order valence-electron chi connectivity index (χ3n) is 4.86. The van der Waals surface area contributed by atoms with E-state index in [1.807, 2.05) is 54.6 Å². The predicted molar refractivity (Wildman–Crippen MR) is 128 cm³/mol. The van der Waals surface area contributed by atoms with Crippen molar-refractivity contribution in [2.24, 2.45) is 5.16 Å². The van der Waals surface area contributed by atoms with Crippen molar-refractivity contribution in [3.63, 3.8) is 0 Å². The van der Waals surface area contributed by atoms with Gasteiger partial charge in [0.05, 0.1) is 0 Å². The third-order valence-corrected chi connectivity index (χ3v) is 5.18. The summed E-state index contributed by atoms with van der Waals surface area (Å²) in [5.74, 6) is -0.669. The van der Waals surface area contributed by atoms with Crippen LogP contribution >= 0.6 is 12.0 Å². The summed E-state index contributed by atoms with van der Waals surface area (Å²) in [4.78, 5) is 15.9. The molecule has 0 amide bonds. The number of carbonyl (C=O) groups excluding carboxylic acids is 1. The molecule has 0 heterocycles. The normalized spacial score (nSPS) is 13.1. The van der Waals surface area contributed by atoms with Crippen LogP contribution in [0, 0.1) is 0 Å². The van der Waals surface area contributed by atoms with E-state index in [1.165, 1.54) is 0 Å². The van der Waals surface area contributed by atoms with Crippen molar-refractivity contribution in [3.8, 4) is 16.9 Å². The predicted octanol–water partition coefficient (Wildman–Crippen LogP) is 7.35. The van der Waals surface area contributed by atoms with Gasteiger partial charge in [-0.3, -0.25) is 0 Å². The molecule has 3 aromatic carbocycles. The second kappa shape index (κ2) is 13.4. The number of alkyl halides is 6. The molecule has 0 radical (unpaired) electrons. The van der Waals surface area contributed by atoms with E-state index in [-0.39, 0.29) is 5.75 Å². The van der Waals surface area contributed by atoms with Crippen LogP contribution in [0.15, 0.2) is 84.0 Å². The van der Waals surface area contributed by atoms with E-state index in [1.54, 1.807) is 6.92 Å². The van der Waals surface area contributed by atoms with E-state index >= 15 is 0 Å². The Morgan fingerprint density at radius 1 is 0.872 bits per heavy atom. The van der Waals surface area contributed by atoms with Crippen molar-refractivity contribution in [1.29, 1.82) is 0 Å². The zero-order valence-electron chi connectivity index (χ0n) is 19.9. The first-order valence-corrected chi connectivity index (χ1v) is 11.6. The molecule has 0 aromatic heterocycles. The third kappa shape index (κ3) is 9.81. The lowest BCUT2D eigenvalue weighted by Crippen LogP contribution is -2.24. The average molecular weight is 575 g/mol. The molecule has 0 aliphatic carbocycles. The fourth-order valence-electron chi connectivity index (χ4n) is 3.11. The van der Waals surface area contributed by atoms with E-state index < -0.39 is 53.7 Å². The van der Waals surface area contributed by atoms with Gasteiger partial charge in [-0.15, -0.1) is 4.33 Å². The van der Waals surface area contributed by atoms with Gasteiger partial charge in [-0.1, -0.05) is 54.6 Å². The highest BCUT2D eigenvalue weighted by Gasteiger charge is 2.38. The molecule has 0 N–H and O–H groups in total. The van der Waals surface area contributed by atoms with E-state index in [0.717, 1.165) is 41.0 Å². The quantitative estimate of drug-likeness (QED) is 0.0450. The zero-order valence-corrected chi connectivity index (χ0v) is 20.7. The molecule has 208 valence electrons. The van der Waals surface area contributed by atoms with Crippen molar-refractivity contribution in [2.75, 3.05) is 6.61 Å². The van der Waals surface area contributed by atoms with Crippen LogP contribution in [0.25, 0.3) is 11.1 Å². The van der Waals surface area contributed by atoms with Gasteiger partial charge < -0.3 is 9.47 Å². The minimum Gasteiger partial charge on any atom is -0.482 e. The van der Waals surface area contributed by atoms with Crippen molar-refractivity contribution in [1.82, 2.24) is 0 Å². The largest absolute Gasteiger partial charge is 0.482 e. The Balaban J connectivity index is 1.51. The van der Waals surface area contributed by atoms with Gasteiger partial charge in [0.2, 0.25) is 0 Å². The van der Waals surface area contributed by atoms with E-state index in [2.05, 4.69) is 19.5 Å². The summed E-state index contributed by atoms with van der Waals surface area (Å²) < 4.78 is 89.5. The standard InChI is InChI=1S/C25H19F6NO6S/c1-16(17-7-9-19(10-8-17)18-5-3-2-4-6-18)35-22(33)15-34-21-13-11-20(12-14-21)23(24(26,27)28)32-36-37-38-39-25(29,30)31/h2-14,16H,15H2,1H3. The van der Waals surface area contributed by atoms with Crippen molar-refractivity contribution < 1.29 is 55.0 Å². The fourth-order valence-corrected chi connectivity index (χ4v) is 3.24. The first-order chi connectivity index (χ1) is 18.4. The number of esters is 1. The van der Waals surface area contributed by atoms with Crippen LogP contribution in [0.5, 0.6) is 5.75 Å². The van der Waals surface area contributed by atoms with E-state index in [4.69, 9.17) is 9.47 Å².